The van der Waals surface area contributed by atoms with Gasteiger partial charge in [0.2, 0.25) is 0 Å². The summed E-state index contributed by atoms with van der Waals surface area (Å²) < 4.78 is 5.99. The first-order valence-electron chi connectivity index (χ1n) is 6.90. The van der Waals surface area contributed by atoms with E-state index >= 15 is 0 Å². The van der Waals surface area contributed by atoms with Gasteiger partial charge in [-0.25, -0.2) is 0 Å². The quantitative estimate of drug-likeness (QED) is 0.822. The first kappa shape index (κ1) is 14.9. The van der Waals surface area contributed by atoms with Crippen LogP contribution in [-0.2, 0) is 5.41 Å². The largest absolute Gasteiger partial charge is 0.455 e. The van der Waals surface area contributed by atoms with Crippen molar-refractivity contribution >= 4 is 5.69 Å². The van der Waals surface area contributed by atoms with Crippen molar-refractivity contribution in [3.05, 3.63) is 53.1 Å². The predicted molar refractivity (Wildman–Crippen MR) is 85.5 cm³/mol. The van der Waals surface area contributed by atoms with Crippen molar-refractivity contribution < 1.29 is 4.74 Å². The Kier molecular flexibility index (Phi) is 3.90. The Balaban J connectivity index is 2.48. The number of nitrogen functional groups attached to an aromatic ring is 1. The first-order chi connectivity index (χ1) is 9.81. The maximum absolute atomic E-state index is 8.99. The Morgan fingerprint density at radius 1 is 1.05 bits per heavy atom. The molecule has 3 heteroatoms. The summed E-state index contributed by atoms with van der Waals surface area (Å²) in [5.74, 6) is 1.29. The molecule has 0 saturated heterocycles. The zero-order valence-electron chi connectivity index (χ0n) is 12.9. The van der Waals surface area contributed by atoms with Crippen LogP contribution in [0.3, 0.4) is 0 Å². The molecule has 0 amide bonds. The summed E-state index contributed by atoms with van der Waals surface area (Å²) in [5.41, 5.74) is 9.26. The van der Waals surface area contributed by atoms with Crippen LogP contribution in [0.2, 0.25) is 0 Å². The lowest BCUT2D eigenvalue weighted by molar-refractivity contribution is 0.457. The average Bonchev–Trinajstić information content (AvgIpc) is 2.42. The maximum Gasteiger partial charge on any atom is 0.151 e. The van der Waals surface area contributed by atoms with E-state index in [2.05, 4.69) is 39.8 Å². The zero-order chi connectivity index (χ0) is 15.6. The number of benzene rings is 2. The Morgan fingerprint density at radius 2 is 1.76 bits per heavy atom. The highest BCUT2D eigenvalue weighted by atomic mass is 16.5. The number of aryl methyl sites for hydroxylation is 1. The van der Waals surface area contributed by atoms with Crippen molar-refractivity contribution in [3.63, 3.8) is 0 Å². The standard InChI is InChI=1S/C18H20N2O/c1-12-5-8-16(14(9-12)18(2,3)4)21-17-10-13(11-19)6-7-15(17)20/h5-10H,20H2,1-4H3. The Morgan fingerprint density at radius 3 is 2.38 bits per heavy atom. The zero-order valence-corrected chi connectivity index (χ0v) is 12.9. The fourth-order valence-electron chi connectivity index (χ4n) is 2.13. The average molecular weight is 280 g/mol. The molecule has 0 fully saturated rings. The van der Waals surface area contributed by atoms with Gasteiger partial charge in [-0.15, -0.1) is 0 Å². The van der Waals surface area contributed by atoms with Crippen molar-refractivity contribution in [1.29, 1.82) is 5.26 Å². The highest BCUT2D eigenvalue weighted by Crippen LogP contribution is 2.36. The molecule has 0 spiro atoms. The molecule has 2 rings (SSSR count). The minimum Gasteiger partial charge on any atom is -0.455 e. The van der Waals surface area contributed by atoms with Gasteiger partial charge in [0.05, 0.1) is 17.3 Å². The molecule has 21 heavy (non-hydrogen) atoms. The molecular weight excluding hydrogens is 260 g/mol. The van der Waals surface area contributed by atoms with Gasteiger partial charge < -0.3 is 10.5 Å². The van der Waals surface area contributed by atoms with Gasteiger partial charge in [-0.2, -0.15) is 5.26 Å². The van der Waals surface area contributed by atoms with Gasteiger partial charge in [0.1, 0.15) is 5.75 Å². The summed E-state index contributed by atoms with van der Waals surface area (Å²) >= 11 is 0. The number of hydrogen-bond acceptors (Lipinski definition) is 3. The van der Waals surface area contributed by atoms with E-state index in [1.165, 1.54) is 5.56 Å². The predicted octanol–water partition coefficient (Wildman–Crippen LogP) is 4.54. The molecule has 108 valence electrons. The van der Waals surface area contributed by atoms with Crippen LogP contribution in [0.25, 0.3) is 0 Å². The van der Waals surface area contributed by atoms with E-state index < -0.39 is 0 Å². The Hall–Kier alpha value is -2.47. The fourth-order valence-corrected chi connectivity index (χ4v) is 2.13. The summed E-state index contributed by atoms with van der Waals surface area (Å²) in [6, 6.07) is 13.2. The highest BCUT2D eigenvalue weighted by Gasteiger charge is 2.20. The van der Waals surface area contributed by atoms with Gasteiger partial charge in [-0.05, 0) is 30.5 Å². The highest BCUT2D eigenvalue weighted by molar-refractivity contribution is 5.58. The first-order valence-corrected chi connectivity index (χ1v) is 6.90. The third kappa shape index (κ3) is 3.35. The van der Waals surface area contributed by atoms with Crippen LogP contribution in [0.15, 0.2) is 36.4 Å². The van der Waals surface area contributed by atoms with Gasteiger partial charge >= 0.3 is 0 Å². The molecule has 0 unspecified atom stereocenters. The number of nitrogens with zero attached hydrogens (tertiary/aromatic N) is 1. The number of anilines is 1. The molecule has 3 nitrogen and oxygen atoms in total. The van der Waals surface area contributed by atoms with Crippen molar-refractivity contribution in [2.24, 2.45) is 0 Å². The summed E-state index contributed by atoms with van der Waals surface area (Å²) in [6.07, 6.45) is 0. The number of hydrogen-bond donors (Lipinski definition) is 1. The molecule has 0 aliphatic heterocycles. The van der Waals surface area contributed by atoms with Crippen molar-refractivity contribution in [2.75, 3.05) is 5.73 Å². The van der Waals surface area contributed by atoms with Crippen LogP contribution in [0.5, 0.6) is 11.5 Å². The normalized spacial score (nSPS) is 11.0. The van der Waals surface area contributed by atoms with Crippen molar-refractivity contribution in [3.8, 4) is 17.6 Å². The lowest BCUT2D eigenvalue weighted by Crippen LogP contribution is -2.13. The van der Waals surface area contributed by atoms with Crippen molar-refractivity contribution in [1.82, 2.24) is 0 Å². The van der Waals surface area contributed by atoms with E-state index in [1.807, 2.05) is 12.1 Å². The fraction of sp³-hybridized carbons (Fsp3) is 0.278. The van der Waals surface area contributed by atoms with Crippen LogP contribution in [0, 0.1) is 18.3 Å². The van der Waals surface area contributed by atoms with Gasteiger partial charge in [-0.3, -0.25) is 0 Å². The van der Waals surface area contributed by atoms with Gasteiger partial charge in [0, 0.05) is 11.6 Å². The number of nitriles is 1. The van der Waals surface area contributed by atoms with Crippen LogP contribution < -0.4 is 10.5 Å². The molecule has 0 aromatic heterocycles. The van der Waals surface area contributed by atoms with Crippen molar-refractivity contribution in [2.45, 2.75) is 33.1 Å². The number of ether oxygens (including phenoxy) is 1. The maximum atomic E-state index is 8.99. The molecule has 0 aliphatic carbocycles. The van der Waals surface area contributed by atoms with Gasteiger partial charge in [-0.1, -0.05) is 38.5 Å². The molecule has 0 radical (unpaired) electrons. The van der Waals surface area contributed by atoms with E-state index in [4.69, 9.17) is 15.7 Å². The van der Waals surface area contributed by atoms with Gasteiger partial charge in [0.25, 0.3) is 0 Å². The monoisotopic (exact) mass is 280 g/mol. The molecule has 2 N–H and O–H groups in total. The van der Waals surface area contributed by atoms with E-state index in [0.717, 1.165) is 11.3 Å². The van der Waals surface area contributed by atoms with Crippen LogP contribution >= 0.6 is 0 Å². The minimum atomic E-state index is -0.0387. The van der Waals surface area contributed by atoms with Crippen LogP contribution in [-0.4, -0.2) is 0 Å². The number of nitrogens with two attached hydrogens (primary N) is 1. The lowest BCUT2D eigenvalue weighted by atomic mass is 9.85. The molecule has 0 aliphatic rings. The summed E-state index contributed by atoms with van der Waals surface area (Å²) in [7, 11) is 0. The molecule has 0 heterocycles. The second-order valence-electron chi connectivity index (χ2n) is 6.22. The minimum absolute atomic E-state index is 0.0387. The molecule has 0 saturated carbocycles. The number of rotatable bonds is 2. The second-order valence-corrected chi connectivity index (χ2v) is 6.22. The van der Waals surface area contributed by atoms with Crippen LogP contribution in [0.4, 0.5) is 5.69 Å². The third-order valence-electron chi connectivity index (χ3n) is 3.31. The Bertz CT molecular complexity index is 706. The lowest BCUT2D eigenvalue weighted by Gasteiger charge is -2.23. The van der Waals surface area contributed by atoms with E-state index in [1.54, 1.807) is 18.2 Å². The summed E-state index contributed by atoms with van der Waals surface area (Å²) in [4.78, 5) is 0. The summed E-state index contributed by atoms with van der Waals surface area (Å²) in [5, 5.41) is 8.99. The van der Waals surface area contributed by atoms with E-state index in [0.29, 0.717) is 17.0 Å². The second kappa shape index (κ2) is 5.49. The molecule has 2 aromatic rings. The topological polar surface area (TPSA) is 59.0 Å². The van der Waals surface area contributed by atoms with E-state index in [-0.39, 0.29) is 5.41 Å². The van der Waals surface area contributed by atoms with Crippen LogP contribution in [0.1, 0.15) is 37.5 Å². The molecule has 2 aromatic carbocycles. The molecule has 0 bridgehead atoms. The third-order valence-corrected chi connectivity index (χ3v) is 3.31. The Labute approximate surface area is 126 Å². The SMILES string of the molecule is Cc1ccc(Oc2cc(C#N)ccc2N)c(C(C)(C)C)c1. The molecule has 0 atom stereocenters. The summed E-state index contributed by atoms with van der Waals surface area (Å²) in [6.45, 7) is 8.49. The smallest absolute Gasteiger partial charge is 0.151 e. The van der Waals surface area contributed by atoms with E-state index in [9.17, 15) is 0 Å². The molecular formula is C18H20N2O. The van der Waals surface area contributed by atoms with Gasteiger partial charge in [0.15, 0.2) is 5.75 Å².